The van der Waals surface area contributed by atoms with E-state index in [0.29, 0.717) is 36.1 Å². The molecule has 4 rings (SSSR count). The number of carbonyl (C=O) groups is 1. The van der Waals surface area contributed by atoms with Gasteiger partial charge in [-0.2, -0.15) is 0 Å². The van der Waals surface area contributed by atoms with Crippen molar-refractivity contribution in [1.29, 1.82) is 0 Å². The Bertz CT molecular complexity index is 1280. The highest BCUT2D eigenvalue weighted by Crippen LogP contribution is 2.27. The number of aromatic nitrogens is 2. The van der Waals surface area contributed by atoms with E-state index < -0.39 is 0 Å². The molecule has 0 aliphatic rings. The van der Waals surface area contributed by atoms with Gasteiger partial charge in [0.05, 0.1) is 31.8 Å². The average molecular weight is 458 g/mol. The predicted octanol–water partition coefficient (Wildman–Crippen LogP) is 5.55. The maximum atomic E-state index is 12.9. The smallest absolute Gasteiger partial charge is 0.251 e. The molecule has 0 saturated carbocycles. The Kier molecular flexibility index (Phi) is 7.16. The molecular formula is C28H31N3O3. The number of benzene rings is 3. The zero-order chi connectivity index (χ0) is 24.1. The molecule has 34 heavy (non-hydrogen) atoms. The van der Waals surface area contributed by atoms with Crippen LogP contribution in [0.4, 0.5) is 0 Å². The molecule has 0 aliphatic heterocycles. The largest absolute Gasteiger partial charge is 0.493 e. The molecule has 1 N–H and O–H groups in total. The zero-order valence-electron chi connectivity index (χ0n) is 20.2. The standard InChI is InChI=1S/C28H31N3O3/c1-5-19(2)21-12-10-20(11-13-21)18-31-24-9-7-6-8-23(24)30-27(31)17-29-28(32)22-14-15-25(33-3)26(16-22)34-4/h6-16,19H,5,17-18H2,1-4H3,(H,29,32). The van der Waals surface area contributed by atoms with Gasteiger partial charge in [-0.25, -0.2) is 4.98 Å². The van der Waals surface area contributed by atoms with Crippen LogP contribution in [-0.4, -0.2) is 29.7 Å². The first-order valence-corrected chi connectivity index (χ1v) is 11.6. The molecular weight excluding hydrogens is 426 g/mol. The lowest BCUT2D eigenvalue weighted by molar-refractivity contribution is 0.0949. The van der Waals surface area contributed by atoms with Crippen LogP contribution >= 0.6 is 0 Å². The number of hydrogen-bond donors (Lipinski definition) is 1. The first-order valence-electron chi connectivity index (χ1n) is 11.6. The van der Waals surface area contributed by atoms with Gasteiger partial charge < -0.3 is 19.4 Å². The molecule has 0 fully saturated rings. The van der Waals surface area contributed by atoms with E-state index in [0.717, 1.165) is 23.3 Å². The van der Waals surface area contributed by atoms with Crippen molar-refractivity contribution in [3.63, 3.8) is 0 Å². The molecule has 0 aliphatic carbocycles. The first-order chi connectivity index (χ1) is 16.5. The van der Waals surface area contributed by atoms with Gasteiger partial charge in [-0.3, -0.25) is 4.79 Å². The number of hydrogen-bond acceptors (Lipinski definition) is 4. The lowest BCUT2D eigenvalue weighted by Gasteiger charge is -2.13. The normalized spacial score (nSPS) is 11.9. The van der Waals surface area contributed by atoms with Crippen LogP contribution in [0.25, 0.3) is 11.0 Å². The fourth-order valence-electron chi connectivity index (χ4n) is 4.05. The van der Waals surface area contributed by atoms with Gasteiger partial charge in [-0.05, 0) is 53.8 Å². The molecule has 0 spiro atoms. The minimum atomic E-state index is -0.197. The van der Waals surface area contributed by atoms with Gasteiger partial charge in [-0.1, -0.05) is 50.2 Å². The van der Waals surface area contributed by atoms with E-state index in [4.69, 9.17) is 14.5 Å². The summed E-state index contributed by atoms with van der Waals surface area (Å²) in [5.74, 6) is 2.26. The summed E-state index contributed by atoms with van der Waals surface area (Å²) < 4.78 is 12.8. The van der Waals surface area contributed by atoms with Gasteiger partial charge in [0, 0.05) is 12.1 Å². The molecule has 1 unspecified atom stereocenters. The number of para-hydroxylation sites is 2. The van der Waals surface area contributed by atoms with Crippen LogP contribution in [0.1, 0.15) is 53.5 Å². The van der Waals surface area contributed by atoms with Crippen LogP contribution < -0.4 is 14.8 Å². The van der Waals surface area contributed by atoms with Crippen LogP contribution in [-0.2, 0) is 13.1 Å². The summed E-state index contributed by atoms with van der Waals surface area (Å²) >= 11 is 0. The van der Waals surface area contributed by atoms with Crippen LogP contribution in [0.5, 0.6) is 11.5 Å². The number of amides is 1. The highest BCUT2D eigenvalue weighted by Gasteiger charge is 2.15. The average Bonchev–Trinajstić information content (AvgIpc) is 3.23. The fraction of sp³-hybridized carbons (Fsp3) is 0.286. The van der Waals surface area contributed by atoms with E-state index in [1.54, 1.807) is 32.4 Å². The molecule has 1 atom stereocenters. The van der Waals surface area contributed by atoms with Crippen molar-refractivity contribution in [3.05, 3.63) is 89.2 Å². The second kappa shape index (κ2) is 10.4. The number of nitrogens with zero attached hydrogens (tertiary/aromatic N) is 2. The maximum Gasteiger partial charge on any atom is 0.251 e. The van der Waals surface area contributed by atoms with Crippen molar-refractivity contribution in [2.75, 3.05) is 14.2 Å². The van der Waals surface area contributed by atoms with E-state index in [-0.39, 0.29) is 5.91 Å². The summed E-state index contributed by atoms with van der Waals surface area (Å²) in [6, 6.07) is 22.0. The van der Waals surface area contributed by atoms with E-state index in [1.165, 1.54) is 11.1 Å². The van der Waals surface area contributed by atoms with E-state index in [1.807, 2.05) is 18.2 Å². The van der Waals surface area contributed by atoms with Crippen molar-refractivity contribution < 1.29 is 14.3 Å². The Morgan fingerprint density at radius 3 is 2.44 bits per heavy atom. The minimum absolute atomic E-state index is 0.197. The fourth-order valence-corrected chi connectivity index (χ4v) is 4.05. The van der Waals surface area contributed by atoms with Crippen LogP contribution in [0.2, 0.25) is 0 Å². The third-order valence-corrected chi connectivity index (χ3v) is 6.29. The summed E-state index contributed by atoms with van der Waals surface area (Å²) in [6.07, 6.45) is 1.12. The first kappa shape index (κ1) is 23.4. The molecule has 176 valence electrons. The Balaban J connectivity index is 1.56. The SMILES string of the molecule is CCC(C)c1ccc(Cn2c(CNC(=O)c3ccc(OC)c(OC)c3)nc3ccccc32)cc1. The lowest BCUT2D eigenvalue weighted by atomic mass is 9.98. The molecule has 1 amide bonds. The van der Waals surface area contributed by atoms with Gasteiger partial charge in [-0.15, -0.1) is 0 Å². The predicted molar refractivity (Wildman–Crippen MR) is 135 cm³/mol. The summed E-state index contributed by atoms with van der Waals surface area (Å²) in [6.45, 7) is 5.45. The van der Waals surface area contributed by atoms with Gasteiger partial charge in [0.2, 0.25) is 0 Å². The topological polar surface area (TPSA) is 65.4 Å². The highest BCUT2D eigenvalue weighted by atomic mass is 16.5. The number of imidazole rings is 1. The third kappa shape index (κ3) is 4.91. The van der Waals surface area contributed by atoms with Crippen LogP contribution in [0, 0.1) is 0 Å². The minimum Gasteiger partial charge on any atom is -0.493 e. The lowest BCUT2D eigenvalue weighted by Crippen LogP contribution is -2.25. The van der Waals surface area contributed by atoms with Crippen molar-refractivity contribution in [2.45, 2.75) is 39.3 Å². The number of nitrogens with one attached hydrogen (secondary N) is 1. The highest BCUT2D eigenvalue weighted by molar-refractivity contribution is 5.94. The number of fused-ring (bicyclic) bond motifs is 1. The van der Waals surface area contributed by atoms with Gasteiger partial charge in [0.15, 0.2) is 11.5 Å². The number of methoxy groups -OCH3 is 2. The number of rotatable bonds is 9. The maximum absolute atomic E-state index is 12.9. The zero-order valence-corrected chi connectivity index (χ0v) is 20.2. The quantitative estimate of drug-likeness (QED) is 0.358. The molecule has 6 nitrogen and oxygen atoms in total. The summed E-state index contributed by atoms with van der Waals surface area (Å²) in [5.41, 5.74) is 5.01. The monoisotopic (exact) mass is 457 g/mol. The molecule has 0 bridgehead atoms. The summed E-state index contributed by atoms with van der Waals surface area (Å²) in [4.78, 5) is 17.7. The molecule has 0 radical (unpaired) electrons. The van der Waals surface area contributed by atoms with Crippen molar-refractivity contribution in [2.24, 2.45) is 0 Å². The van der Waals surface area contributed by atoms with E-state index in [9.17, 15) is 4.79 Å². The number of ether oxygens (including phenoxy) is 2. The van der Waals surface area contributed by atoms with Gasteiger partial charge >= 0.3 is 0 Å². The van der Waals surface area contributed by atoms with Crippen LogP contribution in [0.3, 0.4) is 0 Å². The third-order valence-electron chi connectivity index (χ3n) is 6.29. The van der Waals surface area contributed by atoms with Crippen molar-refractivity contribution in [3.8, 4) is 11.5 Å². The number of carbonyl (C=O) groups excluding carboxylic acids is 1. The van der Waals surface area contributed by atoms with E-state index in [2.05, 4.69) is 54.1 Å². The van der Waals surface area contributed by atoms with Gasteiger partial charge in [0.1, 0.15) is 5.82 Å². The molecule has 4 aromatic rings. The Hall–Kier alpha value is -3.80. The van der Waals surface area contributed by atoms with Crippen LogP contribution in [0.15, 0.2) is 66.7 Å². The van der Waals surface area contributed by atoms with Crippen molar-refractivity contribution in [1.82, 2.24) is 14.9 Å². The van der Waals surface area contributed by atoms with E-state index >= 15 is 0 Å². The summed E-state index contributed by atoms with van der Waals surface area (Å²) in [7, 11) is 3.12. The Morgan fingerprint density at radius 2 is 1.74 bits per heavy atom. The molecule has 6 heteroatoms. The second-order valence-corrected chi connectivity index (χ2v) is 8.41. The molecule has 1 heterocycles. The van der Waals surface area contributed by atoms with Gasteiger partial charge in [0.25, 0.3) is 5.91 Å². The Labute approximate surface area is 200 Å². The second-order valence-electron chi connectivity index (χ2n) is 8.41. The molecule has 1 aromatic heterocycles. The Morgan fingerprint density at radius 1 is 1.00 bits per heavy atom. The molecule has 0 saturated heterocycles. The molecule has 3 aromatic carbocycles. The van der Waals surface area contributed by atoms with Crippen molar-refractivity contribution >= 4 is 16.9 Å². The summed E-state index contributed by atoms with van der Waals surface area (Å²) in [5, 5.41) is 3.00.